The summed E-state index contributed by atoms with van der Waals surface area (Å²) >= 11 is 5.73. The second-order valence-corrected chi connectivity index (χ2v) is 4.73. The van der Waals surface area contributed by atoms with Crippen LogP contribution < -0.4 is 11.1 Å². The average Bonchev–Trinajstić information content (AvgIpc) is 2.55. The zero-order chi connectivity index (χ0) is 13.3. The van der Waals surface area contributed by atoms with Gasteiger partial charge in [-0.25, -0.2) is 4.98 Å². The lowest BCUT2D eigenvalue weighted by Gasteiger charge is -2.18. The Bertz CT molecular complexity index is 413. The van der Waals surface area contributed by atoms with Crippen molar-refractivity contribution in [1.29, 1.82) is 0 Å². The predicted molar refractivity (Wildman–Crippen MR) is 66.1 cm³/mol. The highest BCUT2D eigenvalue weighted by molar-refractivity contribution is 6.29. The molecule has 100 valence electrons. The Labute approximate surface area is 109 Å². The van der Waals surface area contributed by atoms with Gasteiger partial charge in [0, 0.05) is 18.6 Å². The van der Waals surface area contributed by atoms with Crippen LogP contribution in [0, 0.1) is 5.92 Å². The molecule has 18 heavy (non-hydrogen) atoms. The largest absolute Gasteiger partial charge is 0.396 e. The van der Waals surface area contributed by atoms with Crippen LogP contribution in [0.2, 0.25) is 5.15 Å². The van der Waals surface area contributed by atoms with Gasteiger partial charge in [-0.05, 0) is 6.42 Å². The molecule has 0 radical (unpaired) electrons. The van der Waals surface area contributed by atoms with Gasteiger partial charge in [-0.2, -0.15) is 4.98 Å². The number of nitrogen functional groups attached to an aromatic ring is 1. The summed E-state index contributed by atoms with van der Waals surface area (Å²) in [5.41, 5.74) is 5.45. The Morgan fingerprint density at radius 2 is 2.11 bits per heavy atom. The van der Waals surface area contributed by atoms with E-state index in [1.54, 1.807) is 0 Å². The number of nitrogens with two attached hydrogens (primary N) is 1. The Kier molecular flexibility index (Phi) is 3.86. The molecule has 1 aliphatic rings. The summed E-state index contributed by atoms with van der Waals surface area (Å²) in [6.45, 7) is -0.178. The van der Waals surface area contributed by atoms with Crippen molar-refractivity contribution in [2.75, 3.05) is 17.7 Å². The van der Waals surface area contributed by atoms with E-state index in [1.807, 2.05) is 0 Å². The van der Waals surface area contributed by atoms with Gasteiger partial charge in [-0.3, -0.25) is 0 Å². The summed E-state index contributed by atoms with van der Waals surface area (Å²) in [7, 11) is 0. The van der Waals surface area contributed by atoms with Crippen LogP contribution in [0.3, 0.4) is 0 Å². The number of rotatable bonds is 3. The molecule has 4 atom stereocenters. The Morgan fingerprint density at radius 3 is 2.67 bits per heavy atom. The highest BCUT2D eigenvalue weighted by atomic mass is 35.5. The Balaban J connectivity index is 2.10. The molecule has 0 aliphatic heterocycles. The normalized spacial score (nSPS) is 31.6. The van der Waals surface area contributed by atoms with Gasteiger partial charge in [0.25, 0.3) is 0 Å². The summed E-state index contributed by atoms with van der Waals surface area (Å²) in [5, 5.41) is 31.7. The maximum Gasteiger partial charge on any atom is 0.223 e. The minimum atomic E-state index is -0.975. The molecule has 8 heteroatoms. The van der Waals surface area contributed by atoms with Crippen LogP contribution >= 0.6 is 11.6 Å². The minimum absolute atomic E-state index is 0.0248. The molecular formula is C10H15ClN4O3. The Hall–Kier alpha value is -1.15. The third kappa shape index (κ3) is 2.64. The van der Waals surface area contributed by atoms with E-state index < -0.39 is 18.2 Å². The van der Waals surface area contributed by atoms with Crippen molar-refractivity contribution in [2.24, 2.45) is 5.92 Å². The summed E-state index contributed by atoms with van der Waals surface area (Å²) in [5.74, 6) is 0.0474. The quantitative estimate of drug-likeness (QED) is 0.458. The monoisotopic (exact) mass is 274 g/mol. The van der Waals surface area contributed by atoms with E-state index in [4.69, 9.17) is 22.4 Å². The number of aliphatic hydroxyl groups is 3. The molecule has 0 unspecified atom stereocenters. The molecule has 1 aliphatic carbocycles. The van der Waals surface area contributed by atoms with Gasteiger partial charge in [-0.1, -0.05) is 11.6 Å². The second kappa shape index (κ2) is 5.23. The molecule has 1 heterocycles. The minimum Gasteiger partial charge on any atom is -0.396 e. The Morgan fingerprint density at radius 1 is 1.39 bits per heavy atom. The number of aliphatic hydroxyl groups excluding tert-OH is 3. The number of nitrogens with zero attached hydrogens (tertiary/aromatic N) is 2. The smallest absolute Gasteiger partial charge is 0.223 e. The number of hydrogen-bond donors (Lipinski definition) is 5. The first kappa shape index (κ1) is 13.3. The number of halogens is 1. The van der Waals surface area contributed by atoms with Crippen molar-refractivity contribution < 1.29 is 15.3 Å². The van der Waals surface area contributed by atoms with Crippen molar-refractivity contribution >= 4 is 23.4 Å². The van der Waals surface area contributed by atoms with Crippen LogP contribution in [0.5, 0.6) is 0 Å². The number of aromatic nitrogens is 2. The van der Waals surface area contributed by atoms with Crippen molar-refractivity contribution in [3.8, 4) is 0 Å². The first-order valence-electron chi connectivity index (χ1n) is 5.55. The van der Waals surface area contributed by atoms with E-state index >= 15 is 0 Å². The zero-order valence-electron chi connectivity index (χ0n) is 9.49. The van der Waals surface area contributed by atoms with Gasteiger partial charge in [0.05, 0.1) is 12.1 Å². The standard InChI is InChI=1S/C10H15ClN4O3/c11-6-2-7(15-10(12)14-6)13-5-1-4(3-16)8(17)9(5)18/h2,4-5,8-9,16-18H,1,3H2,(H3,12,13,14,15)/t4-,5-,8-,9+/m1/s1. The van der Waals surface area contributed by atoms with Gasteiger partial charge in [0.2, 0.25) is 5.95 Å². The molecule has 0 spiro atoms. The molecule has 0 aromatic carbocycles. The van der Waals surface area contributed by atoms with Gasteiger partial charge in [0.1, 0.15) is 17.1 Å². The molecule has 1 aromatic rings. The van der Waals surface area contributed by atoms with Gasteiger partial charge in [-0.15, -0.1) is 0 Å². The van der Waals surface area contributed by atoms with Crippen molar-refractivity contribution in [3.05, 3.63) is 11.2 Å². The van der Waals surface area contributed by atoms with Crippen LogP contribution in [-0.4, -0.2) is 50.1 Å². The predicted octanol–water partition coefficient (Wildman–Crippen LogP) is -0.773. The molecule has 0 amide bonds. The lowest BCUT2D eigenvalue weighted by atomic mass is 10.1. The molecule has 0 saturated heterocycles. The first-order chi connectivity index (χ1) is 8.51. The maximum atomic E-state index is 9.83. The summed E-state index contributed by atoms with van der Waals surface area (Å²) in [6.07, 6.45) is -1.50. The van der Waals surface area contributed by atoms with E-state index in [0.717, 1.165) is 0 Å². The molecule has 1 aromatic heterocycles. The van der Waals surface area contributed by atoms with Gasteiger partial charge < -0.3 is 26.4 Å². The van der Waals surface area contributed by atoms with E-state index in [9.17, 15) is 10.2 Å². The summed E-state index contributed by atoms with van der Waals surface area (Å²) in [4.78, 5) is 7.64. The fraction of sp³-hybridized carbons (Fsp3) is 0.600. The van der Waals surface area contributed by atoms with E-state index in [-0.39, 0.29) is 23.6 Å². The molecular weight excluding hydrogens is 260 g/mol. The van der Waals surface area contributed by atoms with Crippen molar-refractivity contribution in [3.63, 3.8) is 0 Å². The van der Waals surface area contributed by atoms with Crippen LogP contribution in [-0.2, 0) is 0 Å². The SMILES string of the molecule is Nc1nc(Cl)cc(N[C@@H]2C[C@H](CO)[C@@H](O)[C@H]2O)n1. The van der Waals surface area contributed by atoms with Gasteiger partial charge >= 0.3 is 0 Å². The molecule has 2 rings (SSSR count). The maximum absolute atomic E-state index is 9.83. The molecule has 0 bridgehead atoms. The molecule has 7 nitrogen and oxygen atoms in total. The van der Waals surface area contributed by atoms with E-state index in [0.29, 0.717) is 12.2 Å². The molecule has 1 saturated carbocycles. The summed E-state index contributed by atoms with van der Waals surface area (Å²) in [6, 6.07) is 1.06. The van der Waals surface area contributed by atoms with Crippen LogP contribution in [0.15, 0.2) is 6.07 Å². The van der Waals surface area contributed by atoms with Crippen LogP contribution in [0.25, 0.3) is 0 Å². The molecule has 1 fully saturated rings. The highest BCUT2D eigenvalue weighted by Gasteiger charge is 2.41. The number of anilines is 2. The number of hydrogen-bond acceptors (Lipinski definition) is 7. The van der Waals surface area contributed by atoms with Crippen molar-refractivity contribution in [1.82, 2.24) is 9.97 Å². The lowest BCUT2D eigenvalue weighted by molar-refractivity contribution is 0.00446. The zero-order valence-corrected chi connectivity index (χ0v) is 10.2. The molecule has 6 N–H and O–H groups in total. The second-order valence-electron chi connectivity index (χ2n) is 4.34. The first-order valence-corrected chi connectivity index (χ1v) is 5.92. The van der Waals surface area contributed by atoms with E-state index in [2.05, 4.69) is 15.3 Å². The number of nitrogens with one attached hydrogen (secondary N) is 1. The summed E-state index contributed by atoms with van der Waals surface area (Å²) < 4.78 is 0. The van der Waals surface area contributed by atoms with Crippen LogP contribution in [0.1, 0.15) is 6.42 Å². The fourth-order valence-electron chi connectivity index (χ4n) is 2.15. The third-order valence-electron chi connectivity index (χ3n) is 3.08. The third-order valence-corrected chi connectivity index (χ3v) is 3.28. The van der Waals surface area contributed by atoms with Gasteiger partial charge in [0.15, 0.2) is 0 Å². The lowest BCUT2D eigenvalue weighted by Crippen LogP contribution is -2.35. The van der Waals surface area contributed by atoms with Crippen LogP contribution in [0.4, 0.5) is 11.8 Å². The topological polar surface area (TPSA) is 125 Å². The fourth-order valence-corrected chi connectivity index (χ4v) is 2.34. The average molecular weight is 275 g/mol. The highest BCUT2D eigenvalue weighted by Crippen LogP contribution is 2.28. The van der Waals surface area contributed by atoms with Crippen molar-refractivity contribution in [2.45, 2.75) is 24.7 Å². The van der Waals surface area contributed by atoms with E-state index in [1.165, 1.54) is 6.07 Å².